The Morgan fingerprint density at radius 2 is 1.68 bits per heavy atom. The van der Waals surface area contributed by atoms with Crippen molar-refractivity contribution >= 4 is 17.3 Å². The predicted octanol–water partition coefficient (Wildman–Crippen LogP) is 2.48. The van der Waals surface area contributed by atoms with Crippen molar-refractivity contribution in [3.8, 4) is 11.5 Å². The Balaban J connectivity index is 2.03. The highest BCUT2D eigenvalue weighted by Crippen LogP contribution is 2.30. The molecule has 2 rings (SSSR count). The van der Waals surface area contributed by atoms with Gasteiger partial charge in [-0.25, -0.2) is 0 Å². The van der Waals surface area contributed by atoms with E-state index in [0.29, 0.717) is 30.4 Å². The topological polar surface area (TPSA) is 54.7 Å². The van der Waals surface area contributed by atoms with Gasteiger partial charge in [-0.2, -0.15) is 4.57 Å². The average Bonchev–Trinajstić information content (AvgIpc) is 2.58. The number of nitrogens with one attached hydrogen (secondary N) is 1. The van der Waals surface area contributed by atoms with Gasteiger partial charge in [0.2, 0.25) is 6.54 Å². The number of nitrogens with zero attached hydrogens (tertiary/aromatic N) is 2. The fourth-order valence-corrected chi connectivity index (χ4v) is 2.35. The lowest BCUT2D eigenvalue weighted by Crippen LogP contribution is -2.39. The second kappa shape index (κ2) is 8.92. The average molecular weight is 344 g/mol. The van der Waals surface area contributed by atoms with E-state index in [-0.39, 0.29) is 12.5 Å². The standard InChI is InChI=1S/C19H25N3O3/c1-5-24-17-8-7-15(13-18(17)25-6-2)20-19(23)14-22-11-9-16(10-12-22)21(3)4/h7-13H,5-6,14H2,1-4H3/p+1. The summed E-state index contributed by atoms with van der Waals surface area (Å²) >= 11 is 0. The third-order valence-corrected chi connectivity index (χ3v) is 3.54. The molecule has 0 radical (unpaired) electrons. The fraction of sp³-hybridized carbons (Fsp3) is 0.368. The van der Waals surface area contributed by atoms with E-state index in [4.69, 9.17) is 9.47 Å². The van der Waals surface area contributed by atoms with Crippen molar-refractivity contribution in [3.63, 3.8) is 0 Å². The van der Waals surface area contributed by atoms with Crippen LogP contribution in [0.25, 0.3) is 0 Å². The van der Waals surface area contributed by atoms with Gasteiger partial charge in [0.15, 0.2) is 23.9 Å². The molecule has 1 amide bonds. The van der Waals surface area contributed by atoms with Crippen LogP contribution < -0.4 is 24.3 Å². The van der Waals surface area contributed by atoms with Crippen LogP contribution in [0.2, 0.25) is 0 Å². The van der Waals surface area contributed by atoms with Gasteiger partial charge in [-0.15, -0.1) is 0 Å². The second-order valence-corrected chi connectivity index (χ2v) is 5.70. The van der Waals surface area contributed by atoms with Gasteiger partial charge in [0, 0.05) is 43.7 Å². The Hall–Kier alpha value is -2.76. The Morgan fingerprint density at radius 1 is 1.04 bits per heavy atom. The number of hydrogen-bond donors (Lipinski definition) is 1. The molecule has 0 atom stereocenters. The summed E-state index contributed by atoms with van der Waals surface area (Å²) in [6, 6.07) is 9.34. The van der Waals surface area contributed by atoms with Crippen molar-refractivity contribution in [3.05, 3.63) is 42.7 Å². The van der Waals surface area contributed by atoms with Crippen LogP contribution >= 0.6 is 0 Å². The molecule has 25 heavy (non-hydrogen) atoms. The lowest BCUT2D eigenvalue weighted by Gasteiger charge is -2.13. The van der Waals surface area contributed by atoms with Gasteiger partial charge >= 0.3 is 0 Å². The van der Waals surface area contributed by atoms with Crippen molar-refractivity contribution in [1.29, 1.82) is 0 Å². The molecule has 0 saturated carbocycles. The molecule has 0 spiro atoms. The van der Waals surface area contributed by atoms with E-state index >= 15 is 0 Å². The Kier molecular flexibility index (Phi) is 6.62. The van der Waals surface area contributed by atoms with Crippen LogP contribution in [0.4, 0.5) is 11.4 Å². The summed E-state index contributed by atoms with van der Waals surface area (Å²) in [6.45, 7) is 5.17. The van der Waals surface area contributed by atoms with Gasteiger partial charge in [0.25, 0.3) is 5.91 Å². The quantitative estimate of drug-likeness (QED) is 0.748. The first-order chi connectivity index (χ1) is 12.0. The zero-order valence-corrected chi connectivity index (χ0v) is 15.3. The van der Waals surface area contributed by atoms with Crippen LogP contribution in [0.3, 0.4) is 0 Å². The smallest absolute Gasteiger partial charge is 0.290 e. The molecule has 0 aliphatic carbocycles. The van der Waals surface area contributed by atoms with Crippen LogP contribution in [0.15, 0.2) is 42.7 Å². The minimum absolute atomic E-state index is 0.103. The number of benzene rings is 1. The SMILES string of the molecule is CCOc1ccc(NC(=O)C[n+]2ccc(N(C)C)cc2)cc1OCC. The van der Waals surface area contributed by atoms with E-state index in [0.717, 1.165) is 5.69 Å². The van der Waals surface area contributed by atoms with Crippen molar-refractivity contribution in [2.24, 2.45) is 0 Å². The van der Waals surface area contributed by atoms with E-state index < -0.39 is 0 Å². The first-order valence-electron chi connectivity index (χ1n) is 8.39. The van der Waals surface area contributed by atoms with Crippen LogP contribution in [0.1, 0.15) is 13.8 Å². The first kappa shape index (κ1) is 18.6. The van der Waals surface area contributed by atoms with Gasteiger partial charge in [-0.1, -0.05) is 0 Å². The van der Waals surface area contributed by atoms with Crippen molar-refractivity contribution in [2.75, 3.05) is 37.5 Å². The van der Waals surface area contributed by atoms with Crippen LogP contribution in [-0.2, 0) is 11.3 Å². The van der Waals surface area contributed by atoms with Crippen LogP contribution in [0, 0.1) is 0 Å². The highest BCUT2D eigenvalue weighted by atomic mass is 16.5. The van der Waals surface area contributed by atoms with Crippen LogP contribution in [0.5, 0.6) is 11.5 Å². The summed E-state index contributed by atoms with van der Waals surface area (Å²) in [5.41, 5.74) is 1.77. The zero-order valence-electron chi connectivity index (χ0n) is 15.3. The summed E-state index contributed by atoms with van der Waals surface area (Å²) < 4.78 is 12.9. The number of carbonyl (C=O) groups excluding carboxylic acids is 1. The molecule has 1 heterocycles. The summed E-state index contributed by atoms with van der Waals surface area (Å²) in [5.74, 6) is 1.20. The molecular formula is C19H26N3O3+. The molecule has 0 saturated heterocycles. The number of hydrogen-bond acceptors (Lipinski definition) is 4. The van der Waals surface area contributed by atoms with Gasteiger partial charge in [-0.3, -0.25) is 4.79 Å². The number of anilines is 2. The normalized spacial score (nSPS) is 10.2. The number of rotatable bonds is 8. The lowest BCUT2D eigenvalue weighted by molar-refractivity contribution is -0.684. The minimum Gasteiger partial charge on any atom is -0.490 e. The van der Waals surface area contributed by atoms with Gasteiger partial charge < -0.3 is 19.7 Å². The Morgan fingerprint density at radius 3 is 2.28 bits per heavy atom. The lowest BCUT2D eigenvalue weighted by atomic mass is 10.2. The van der Waals surface area contributed by atoms with Crippen molar-refractivity contribution in [2.45, 2.75) is 20.4 Å². The Labute approximate surface area is 149 Å². The third kappa shape index (κ3) is 5.38. The molecule has 6 nitrogen and oxygen atoms in total. The zero-order chi connectivity index (χ0) is 18.2. The predicted molar refractivity (Wildman–Crippen MR) is 98.4 cm³/mol. The van der Waals surface area contributed by atoms with E-state index in [9.17, 15) is 4.79 Å². The number of carbonyl (C=O) groups is 1. The van der Waals surface area contributed by atoms with E-state index in [2.05, 4.69) is 5.32 Å². The molecule has 134 valence electrons. The molecule has 0 bridgehead atoms. The van der Waals surface area contributed by atoms with E-state index in [1.54, 1.807) is 6.07 Å². The third-order valence-electron chi connectivity index (χ3n) is 3.54. The van der Waals surface area contributed by atoms with Crippen LogP contribution in [-0.4, -0.2) is 33.2 Å². The number of amides is 1. The van der Waals surface area contributed by atoms with Crippen molar-refractivity contribution < 1.29 is 18.8 Å². The van der Waals surface area contributed by atoms with Gasteiger partial charge in [0.05, 0.1) is 13.2 Å². The monoisotopic (exact) mass is 344 g/mol. The van der Waals surface area contributed by atoms with Gasteiger partial charge in [-0.05, 0) is 26.0 Å². The number of ether oxygens (including phenoxy) is 2. The summed E-state index contributed by atoms with van der Waals surface area (Å²) in [7, 11) is 3.96. The molecule has 1 aromatic heterocycles. The highest BCUT2D eigenvalue weighted by Gasteiger charge is 2.12. The van der Waals surface area contributed by atoms with Crippen molar-refractivity contribution in [1.82, 2.24) is 0 Å². The summed E-state index contributed by atoms with van der Waals surface area (Å²) in [6.07, 6.45) is 3.78. The molecule has 1 aromatic carbocycles. The minimum atomic E-state index is -0.103. The fourth-order valence-electron chi connectivity index (χ4n) is 2.35. The Bertz CT molecular complexity index is 700. The molecule has 0 unspecified atom stereocenters. The maximum Gasteiger partial charge on any atom is 0.290 e. The maximum absolute atomic E-state index is 12.3. The molecule has 6 heteroatoms. The molecule has 2 aromatic rings. The molecular weight excluding hydrogens is 318 g/mol. The number of pyridine rings is 1. The summed E-state index contributed by atoms with van der Waals surface area (Å²) in [5, 5.41) is 2.89. The largest absolute Gasteiger partial charge is 0.490 e. The molecule has 0 aliphatic rings. The highest BCUT2D eigenvalue weighted by molar-refractivity contribution is 5.90. The molecule has 0 fully saturated rings. The first-order valence-corrected chi connectivity index (χ1v) is 8.39. The molecule has 0 aliphatic heterocycles. The molecule has 1 N–H and O–H groups in total. The summed E-state index contributed by atoms with van der Waals surface area (Å²) in [4.78, 5) is 14.3. The van der Waals surface area contributed by atoms with E-state index in [1.807, 2.05) is 74.1 Å². The van der Waals surface area contributed by atoms with E-state index in [1.165, 1.54) is 0 Å². The number of aromatic nitrogens is 1. The van der Waals surface area contributed by atoms with Gasteiger partial charge in [0.1, 0.15) is 0 Å². The second-order valence-electron chi connectivity index (χ2n) is 5.70. The maximum atomic E-state index is 12.3.